The van der Waals surface area contributed by atoms with E-state index in [0.29, 0.717) is 0 Å². The standard InChI is InChI=1S/C15H28/c1-12-6-8-14(9-7-12)11-15-5-3-4-13(2)10-15/h12-15H,3-11H2,1-2H3. The van der Waals surface area contributed by atoms with Crippen molar-refractivity contribution in [1.82, 2.24) is 0 Å². The predicted molar refractivity (Wildman–Crippen MR) is 66.9 cm³/mol. The molecule has 2 saturated carbocycles. The maximum absolute atomic E-state index is 2.45. The smallest absolute Gasteiger partial charge is 0.0409 e. The first kappa shape index (κ1) is 11.5. The zero-order chi connectivity index (χ0) is 10.7. The molecule has 2 rings (SSSR count). The second kappa shape index (κ2) is 5.37. The molecule has 0 heteroatoms. The van der Waals surface area contributed by atoms with Gasteiger partial charge in [0.2, 0.25) is 0 Å². The molecule has 0 aromatic carbocycles. The third-order valence-electron chi connectivity index (χ3n) is 4.85. The molecule has 2 atom stereocenters. The van der Waals surface area contributed by atoms with Crippen LogP contribution in [-0.2, 0) is 0 Å². The lowest BCUT2D eigenvalue weighted by molar-refractivity contribution is 0.196. The highest BCUT2D eigenvalue weighted by Crippen LogP contribution is 2.38. The molecule has 0 nitrogen and oxygen atoms in total. The average molecular weight is 208 g/mol. The molecule has 88 valence electrons. The van der Waals surface area contributed by atoms with Gasteiger partial charge in [0, 0.05) is 0 Å². The predicted octanol–water partition coefficient (Wildman–Crippen LogP) is 5.03. The largest absolute Gasteiger partial charge is 0.0625 e. The third-order valence-corrected chi connectivity index (χ3v) is 4.85. The summed E-state index contributed by atoms with van der Waals surface area (Å²) in [5, 5.41) is 0. The molecule has 2 aliphatic carbocycles. The zero-order valence-corrected chi connectivity index (χ0v) is 10.7. The Bertz CT molecular complexity index is 176. The van der Waals surface area contributed by atoms with Gasteiger partial charge in [-0.25, -0.2) is 0 Å². The van der Waals surface area contributed by atoms with Crippen LogP contribution in [0.4, 0.5) is 0 Å². The van der Waals surface area contributed by atoms with E-state index in [-0.39, 0.29) is 0 Å². The Morgan fingerprint density at radius 2 is 1.47 bits per heavy atom. The highest BCUT2D eigenvalue weighted by Gasteiger charge is 2.24. The molecule has 0 aromatic heterocycles. The fourth-order valence-corrected chi connectivity index (χ4v) is 3.81. The second-order valence-electron chi connectivity index (χ2n) is 6.50. The molecule has 0 radical (unpaired) electrons. The molecule has 0 aliphatic heterocycles. The molecule has 0 aromatic rings. The Balaban J connectivity index is 1.71. The van der Waals surface area contributed by atoms with E-state index in [1.54, 1.807) is 6.42 Å². The van der Waals surface area contributed by atoms with E-state index in [0.717, 1.165) is 23.7 Å². The highest BCUT2D eigenvalue weighted by molar-refractivity contribution is 4.76. The van der Waals surface area contributed by atoms with Crippen molar-refractivity contribution in [2.75, 3.05) is 0 Å². The van der Waals surface area contributed by atoms with Gasteiger partial charge in [0.1, 0.15) is 0 Å². The van der Waals surface area contributed by atoms with Crippen LogP contribution in [0.3, 0.4) is 0 Å². The average Bonchev–Trinajstić information content (AvgIpc) is 2.22. The van der Waals surface area contributed by atoms with Crippen LogP contribution in [0, 0.1) is 23.7 Å². The molecule has 0 heterocycles. The first-order valence-electron chi connectivity index (χ1n) is 7.24. The highest BCUT2D eigenvalue weighted by atomic mass is 14.3. The zero-order valence-electron chi connectivity index (χ0n) is 10.7. The van der Waals surface area contributed by atoms with Crippen molar-refractivity contribution in [3.63, 3.8) is 0 Å². The van der Waals surface area contributed by atoms with Gasteiger partial charge in [-0.1, -0.05) is 58.8 Å². The summed E-state index contributed by atoms with van der Waals surface area (Å²) >= 11 is 0. The van der Waals surface area contributed by atoms with Crippen LogP contribution in [0.15, 0.2) is 0 Å². The lowest BCUT2D eigenvalue weighted by Crippen LogP contribution is -2.19. The lowest BCUT2D eigenvalue weighted by Gasteiger charge is -2.33. The van der Waals surface area contributed by atoms with Crippen LogP contribution in [0.2, 0.25) is 0 Å². The Morgan fingerprint density at radius 3 is 2.13 bits per heavy atom. The first-order valence-corrected chi connectivity index (χ1v) is 7.24. The van der Waals surface area contributed by atoms with Crippen LogP contribution in [-0.4, -0.2) is 0 Å². The topological polar surface area (TPSA) is 0 Å². The molecule has 0 N–H and O–H groups in total. The van der Waals surface area contributed by atoms with Crippen molar-refractivity contribution in [1.29, 1.82) is 0 Å². The molecule has 0 saturated heterocycles. The summed E-state index contributed by atoms with van der Waals surface area (Å²) in [7, 11) is 0. The Labute approximate surface area is 95.8 Å². The molecule has 0 amide bonds. The monoisotopic (exact) mass is 208 g/mol. The number of hydrogen-bond acceptors (Lipinski definition) is 0. The van der Waals surface area contributed by atoms with Gasteiger partial charge in [-0.15, -0.1) is 0 Å². The molecule has 0 spiro atoms. The van der Waals surface area contributed by atoms with E-state index >= 15 is 0 Å². The van der Waals surface area contributed by atoms with Crippen LogP contribution >= 0.6 is 0 Å². The Hall–Kier alpha value is 0. The van der Waals surface area contributed by atoms with E-state index in [1.807, 2.05) is 0 Å². The van der Waals surface area contributed by atoms with Crippen LogP contribution in [0.1, 0.15) is 71.6 Å². The summed E-state index contributed by atoms with van der Waals surface area (Å²) in [6.07, 6.45) is 13.7. The minimum absolute atomic E-state index is 1.02. The molecular weight excluding hydrogens is 180 g/mol. The summed E-state index contributed by atoms with van der Waals surface area (Å²) in [5.41, 5.74) is 0. The van der Waals surface area contributed by atoms with Crippen molar-refractivity contribution in [3.05, 3.63) is 0 Å². The normalized spacial score (nSPS) is 42.8. The van der Waals surface area contributed by atoms with Crippen molar-refractivity contribution in [2.45, 2.75) is 71.6 Å². The quantitative estimate of drug-likeness (QED) is 0.597. The summed E-state index contributed by atoms with van der Waals surface area (Å²) in [6.45, 7) is 4.88. The molecule has 2 fully saturated rings. The maximum Gasteiger partial charge on any atom is -0.0409 e. The van der Waals surface area contributed by atoms with Crippen LogP contribution < -0.4 is 0 Å². The van der Waals surface area contributed by atoms with E-state index in [2.05, 4.69) is 13.8 Å². The van der Waals surface area contributed by atoms with E-state index in [1.165, 1.54) is 51.4 Å². The Kier molecular flexibility index (Phi) is 4.11. The van der Waals surface area contributed by atoms with Crippen LogP contribution in [0.25, 0.3) is 0 Å². The number of hydrogen-bond donors (Lipinski definition) is 0. The van der Waals surface area contributed by atoms with Gasteiger partial charge in [0.05, 0.1) is 0 Å². The van der Waals surface area contributed by atoms with Gasteiger partial charge in [-0.3, -0.25) is 0 Å². The van der Waals surface area contributed by atoms with E-state index < -0.39 is 0 Å². The minimum atomic E-state index is 1.02. The summed E-state index contributed by atoms with van der Waals surface area (Å²) < 4.78 is 0. The van der Waals surface area contributed by atoms with Gasteiger partial charge in [0.15, 0.2) is 0 Å². The van der Waals surface area contributed by atoms with Gasteiger partial charge < -0.3 is 0 Å². The number of rotatable bonds is 2. The fourth-order valence-electron chi connectivity index (χ4n) is 3.81. The maximum atomic E-state index is 2.45. The van der Waals surface area contributed by atoms with Crippen molar-refractivity contribution in [2.24, 2.45) is 23.7 Å². The molecule has 2 unspecified atom stereocenters. The lowest BCUT2D eigenvalue weighted by atomic mass is 9.73. The molecular formula is C15H28. The van der Waals surface area contributed by atoms with Crippen molar-refractivity contribution >= 4 is 0 Å². The van der Waals surface area contributed by atoms with Crippen LogP contribution in [0.5, 0.6) is 0 Å². The van der Waals surface area contributed by atoms with Crippen molar-refractivity contribution in [3.8, 4) is 0 Å². The Morgan fingerprint density at radius 1 is 0.733 bits per heavy atom. The van der Waals surface area contributed by atoms with Gasteiger partial charge >= 0.3 is 0 Å². The molecule has 2 aliphatic rings. The second-order valence-corrected chi connectivity index (χ2v) is 6.50. The van der Waals surface area contributed by atoms with E-state index in [9.17, 15) is 0 Å². The first-order chi connectivity index (χ1) is 7.24. The SMILES string of the molecule is CC1CCC(CC2CCCC(C)C2)CC1. The minimum Gasteiger partial charge on any atom is -0.0625 e. The van der Waals surface area contributed by atoms with Crippen molar-refractivity contribution < 1.29 is 0 Å². The fraction of sp³-hybridized carbons (Fsp3) is 1.00. The van der Waals surface area contributed by atoms with E-state index in [4.69, 9.17) is 0 Å². The third kappa shape index (κ3) is 3.50. The summed E-state index contributed by atoms with van der Waals surface area (Å²) in [5.74, 6) is 4.22. The molecule has 0 bridgehead atoms. The van der Waals surface area contributed by atoms with Gasteiger partial charge in [-0.05, 0) is 36.5 Å². The van der Waals surface area contributed by atoms with Gasteiger partial charge in [-0.2, -0.15) is 0 Å². The van der Waals surface area contributed by atoms with Gasteiger partial charge in [0.25, 0.3) is 0 Å². The summed E-state index contributed by atoms with van der Waals surface area (Å²) in [6, 6.07) is 0. The summed E-state index contributed by atoms with van der Waals surface area (Å²) in [4.78, 5) is 0. The molecule has 15 heavy (non-hydrogen) atoms.